The summed E-state index contributed by atoms with van der Waals surface area (Å²) in [5.41, 5.74) is 1.92. The summed E-state index contributed by atoms with van der Waals surface area (Å²) in [5, 5.41) is 11.4. The van der Waals surface area contributed by atoms with E-state index >= 15 is 0 Å². The summed E-state index contributed by atoms with van der Waals surface area (Å²) in [6.07, 6.45) is 4.90. The number of nitrogens with zero attached hydrogens (tertiary/aromatic N) is 2. The van der Waals surface area contributed by atoms with Gasteiger partial charge in [-0.1, -0.05) is 0 Å². The second kappa shape index (κ2) is 4.82. The molecule has 0 aliphatic heterocycles. The van der Waals surface area contributed by atoms with Crippen LogP contribution in [0.4, 0.5) is 0 Å². The monoisotopic (exact) mass is 248 g/mol. The third kappa shape index (κ3) is 2.45. The predicted octanol–water partition coefficient (Wildman–Crippen LogP) is 0.0897. The number of amides is 1. The van der Waals surface area contributed by atoms with Gasteiger partial charge in [0.05, 0.1) is 0 Å². The molecule has 7 heteroatoms. The minimum absolute atomic E-state index is 0.160. The molecule has 0 aliphatic carbocycles. The zero-order valence-corrected chi connectivity index (χ0v) is 9.67. The van der Waals surface area contributed by atoms with Crippen molar-refractivity contribution < 1.29 is 14.7 Å². The molecule has 2 rings (SSSR count). The van der Waals surface area contributed by atoms with Crippen molar-refractivity contribution >= 4 is 23.0 Å². The Balaban J connectivity index is 2.26. The topological polar surface area (TPSA) is 108 Å². The lowest BCUT2D eigenvalue weighted by molar-refractivity contribution is -0.141. The molecule has 94 valence electrons. The molecular weight excluding hydrogens is 236 g/mol. The number of aromatic nitrogens is 3. The highest BCUT2D eigenvalue weighted by Gasteiger charge is 2.20. The van der Waals surface area contributed by atoms with Crippen LogP contribution < -0.4 is 5.32 Å². The first kappa shape index (κ1) is 12.0. The summed E-state index contributed by atoms with van der Waals surface area (Å²) in [6, 6.07) is -0.969. The summed E-state index contributed by atoms with van der Waals surface area (Å²) >= 11 is 0. The van der Waals surface area contributed by atoms with Gasteiger partial charge in [-0.2, -0.15) is 0 Å². The summed E-state index contributed by atoms with van der Waals surface area (Å²) < 4.78 is 0. The van der Waals surface area contributed by atoms with Crippen LogP contribution in [0.3, 0.4) is 0 Å². The molecule has 1 unspecified atom stereocenters. The fourth-order valence-electron chi connectivity index (χ4n) is 1.72. The van der Waals surface area contributed by atoms with Crippen LogP contribution in [0.25, 0.3) is 11.2 Å². The van der Waals surface area contributed by atoms with Gasteiger partial charge in [0.2, 0.25) is 5.91 Å². The van der Waals surface area contributed by atoms with E-state index < -0.39 is 12.0 Å². The van der Waals surface area contributed by atoms with Gasteiger partial charge in [-0.05, 0) is 0 Å². The lowest BCUT2D eigenvalue weighted by Crippen LogP contribution is -2.41. The molecule has 18 heavy (non-hydrogen) atoms. The van der Waals surface area contributed by atoms with Crippen LogP contribution in [-0.2, 0) is 16.0 Å². The lowest BCUT2D eigenvalue weighted by Gasteiger charge is -2.12. The van der Waals surface area contributed by atoms with Crippen molar-refractivity contribution in [3.63, 3.8) is 0 Å². The van der Waals surface area contributed by atoms with Gasteiger partial charge in [0.1, 0.15) is 11.6 Å². The molecular formula is C11H12N4O3. The number of aliphatic carboxylic acids is 1. The average molecular weight is 248 g/mol. The second-order valence-electron chi connectivity index (χ2n) is 3.86. The summed E-state index contributed by atoms with van der Waals surface area (Å²) in [6.45, 7) is 1.28. The van der Waals surface area contributed by atoms with Gasteiger partial charge in [0.25, 0.3) is 0 Å². The van der Waals surface area contributed by atoms with Gasteiger partial charge in [0.15, 0.2) is 5.65 Å². The molecule has 2 aromatic rings. The van der Waals surface area contributed by atoms with Crippen LogP contribution in [0.2, 0.25) is 0 Å². The quantitative estimate of drug-likeness (QED) is 0.710. The lowest BCUT2D eigenvalue weighted by atomic mass is 10.1. The molecule has 0 saturated heterocycles. The minimum Gasteiger partial charge on any atom is -0.480 e. The fraction of sp³-hybridized carbons (Fsp3) is 0.273. The predicted molar refractivity (Wildman–Crippen MR) is 62.8 cm³/mol. The van der Waals surface area contributed by atoms with Crippen molar-refractivity contribution in [2.24, 2.45) is 0 Å². The van der Waals surface area contributed by atoms with E-state index in [0.29, 0.717) is 16.7 Å². The Labute approximate surface area is 102 Å². The van der Waals surface area contributed by atoms with Gasteiger partial charge in [-0.3, -0.25) is 9.78 Å². The van der Waals surface area contributed by atoms with E-state index in [0.717, 1.165) is 0 Å². The van der Waals surface area contributed by atoms with Crippen LogP contribution in [0.15, 0.2) is 18.6 Å². The zero-order valence-electron chi connectivity index (χ0n) is 9.67. The van der Waals surface area contributed by atoms with Gasteiger partial charge in [-0.15, -0.1) is 0 Å². The third-order valence-electron chi connectivity index (χ3n) is 2.49. The van der Waals surface area contributed by atoms with Gasteiger partial charge >= 0.3 is 5.97 Å². The Bertz CT molecular complexity index is 593. The van der Waals surface area contributed by atoms with Gasteiger partial charge < -0.3 is 15.4 Å². The molecule has 0 saturated carbocycles. The van der Waals surface area contributed by atoms with E-state index in [9.17, 15) is 9.59 Å². The maximum Gasteiger partial charge on any atom is 0.326 e. The number of rotatable bonds is 4. The number of fused-ring (bicyclic) bond motifs is 1. The fourth-order valence-corrected chi connectivity index (χ4v) is 1.72. The molecule has 3 N–H and O–H groups in total. The van der Waals surface area contributed by atoms with E-state index in [1.54, 1.807) is 12.4 Å². The second-order valence-corrected chi connectivity index (χ2v) is 3.86. The van der Waals surface area contributed by atoms with Crippen molar-refractivity contribution in [3.05, 3.63) is 24.2 Å². The molecule has 1 atom stereocenters. The van der Waals surface area contributed by atoms with Gasteiger partial charge in [0, 0.05) is 37.5 Å². The number of H-pyrrole nitrogens is 1. The SMILES string of the molecule is CC(=O)NC(Cc1c[nH]c2nccnc12)C(=O)O. The van der Waals surface area contributed by atoms with Gasteiger partial charge in [-0.25, -0.2) is 9.78 Å². The van der Waals surface area contributed by atoms with Crippen molar-refractivity contribution in [3.8, 4) is 0 Å². The number of hydrogen-bond acceptors (Lipinski definition) is 4. The largest absolute Gasteiger partial charge is 0.480 e. The number of carbonyl (C=O) groups excluding carboxylic acids is 1. The Kier molecular flexibility index (Phi) is 3.22. The number of hydrogen-bond donors (Lipinski definition) is 3. The molecule has 2 heterocycles. The average Bonchev–Trinajstić information content (AvgIpc) is 2.71. The summed E-state index contributed by atoms with van der Waals surface area (Å²) in [5.74, 6) is -1.46. The summed E-state index contributed by atoms with van der Waals surface area (Å²) in [4.78, 5) is 33.1. The zero-order chi connectivity index (χ0) is 13.1. The summed E-state index contributed by atoms with van der Waals surface area (Å²) in [7, 11) is 0. The highest BCUT2D eigenvalue weighted by molar-refractivity contribution is 5.83. The van der Waals surface area contributed by atoms with Crippen LogP contribution in [0.1, 0.15) is 12.5 Å². The normalized spacial score (nSPS) is 12.3. The van der Waals surface area contributed by atoms with Crippen molar-refractivity contribution in [2.45, 2.75) is 19.4 Å². The van der Waals surface area contributed by atoms with Crippen LogP contribution >= 0.6 is 0 Å². The van der Waals surface area contributed by atoms with Crippen LogP contribution in [0.5, 0.6) is 0 Å². The maximum absolute atomic E-state index is 11.0. The molecule has 0 fully saturated rings. The molecule has 0 radical (unpaired) electrons. The molecule has 1 amide bonds. The maximum atomic E-state index is 11.0. The molecule has 7 nitrogen and oxygen atoms in total. The first-order chi connectivity index (χ1) is 8.58. The Morgan fingerprint density at radius 1 is 1.44 bits per heavy atom. The Hall–Kier alpha value is -2.44. The number of nitrogens with one attached hydrogen (secondary N) is 2. The van der Waals surface area contributed by atoms with E-state index in [4.69, 9.17) is 5.11 Å². The van der Waals surface area contributed by atoms with E-state index in [1.165, 1.54) is 13.1 Å². The van der Waals surface area contributed by atoms with E-state index in [-0.39, 0.29) is 12.3 Å². The smallest absolute Gasteiger partial charge is 0.326 e. The van der Waals surface area contributed by atoms with Crippen molar-refractivity contribution in [1.29, 1.82) is 0 Å². The third-order valence-corrected chi connectivity index (χ3v) is 2.49. The van der Waals surface area contributed by atoms with E-state index in [1.807, 2.05) is 0 Å². The molecule has 0 bridgehead atoms. The minimum atomic E-state index is -1.08. The molecule has 0 spiro atoms. The first-order valence-electron chi connectivity index (χ1n) is 5.35. The highest BCUT2D eigenvalue weighted by Crippen LogP contribution is 2.14. The first-order valence-corrected chi connectivity index (χ1v) is 5.35. The standard InChI is InChI=1S/C11H12N4O3/c1-6(16)15-8(11(17)18)4-7-5-14-10-9(7)12-2-3-13-10/h2-3,5,8H,4H2,1H3,(H,13,14)(H,15,16)(H,17,18). The molecule has 0 aliphatic rings. The Morgan fingerprint density at radius 3 is 2.83 bits per heavy atom. The van der Waals surface area contributed by atoms with Crippen LogP contribution in [0, 0.1) is 0 Å². The molecule has 2 aromatic heterocycles. The van der Waals surface area contributed by atoms with Crippen molar-refractivity contribution in [2.75, 3.05) is 0 Å². The molecule has 0 aromatic carbocycles. The number of carbonyl (C=O) groups is 2. The van der Waals surface area contributed by atoms with Crippen LogP contribution in [-0.4, -0.2) is 38.0 Å². The Morgan fingerprint density at radius 2 is 2.17 bits per heavy atom. The van der Waals surface area contributed by atoms with Crippen molar-refractivity contribution in [1.82, 2.24) is 20.3 Å². The number of carboxylic acid groups (broad SMARTS) is 1. The van der Waals surface area contributed by atoms with E-state index in [2.05, 4.69) is 20.3 Å². The number of carboxylic acids is 1. The number of aromatic amines is 1. The highest BCUT2D eigenvalue weighted by atomic mass is 16.4.